The predicted molar refractivity (Wildman–Crippen MR) is 81.5 cm³/mol. The highest BCUT2D eigenvalue weighted by Crippen LogP contribution is 2.16. The lowest BCUT2D eigenvalue weighted by molar-refractivity contribution is 0.235. The molecule has 0 fully saturated rings. The molecule has 1 aliphatic heterocycles. The molecule has 0 bridgehead atoms. The van der Waals surface area contributed by atoms with Gasteiger partial charge < -0.3 is 4.98 Å². The van der Waals surface area contributed by atoms with Crippen LogP contribution in [0.1, 0.15) is 29.7 Å². The number of aromatic amines is 1. The molecule has 7 heteroatoms. The molecule has 0 aromatic carbocycles. The van der Waals surface area contributed by atoms with Crippen LogP contribution in [0.2, 0.25) is 0 Å². The summed E-state index contributed by atoms with van der Waals surface area (Å²) in [6, 6.07) is 3.18. The lowest BCUT2D eigenvalue weighted by atomic mass is 10.1. The molecule has 22 heavy (non-hydrogen) atoms. The van der Waals surface area contributed by atoms with Crippen molar-refractivity contribution in [1.29, 1.82) is 0 Å². The second kappa shape index (κ2) is 5.84. The van der Waals surface area contributed by atoms with Crippen molar-refractivity contribution in [1.82, 2.24) is 24.6 Å². The van der Waals surface area contributed by atoms with Crippen molar-refractivity contribution in [3.05, 3.63) is 55.6 Å². The van der Waals surface area contributed by atoms with Gasteiger partial charge in [0.25, 0.3) is 11.1 Å². The molecule has 0 saturated carbocycles. The molecule has 0 atom stereocenters. The van der Waals surface area contributed by atoms with E-state index in [0.29, 0.717) is 18.9 Å². The van der Waals surface area contributed by atoms with Gasteiger partial charge in [0.1, 0.15) is 5.82 Å². The third-order valence-corrected chi connectivity index (χ3v) is 3.90. The third-order valence-electron chi connectivity index (χ3n) is 3.90. The SMILES string of the molecule is CCc1cc(=O)[nH]c(CN2CCc3nn(C)c(=O)cc3C2)n1. The first-order valence-electron chi connectivity index (χ1n) is 7.42. The first-order valence-corrected chi connectivity index (χ1v) is 7.42. The van der Waals surface area contributed by atoms with Gasteiger partial charge in [0.05, 0.1) is 12.2 Å². The molecular formula is C15H19N5O2. The highest BCUT2D eigenvalue weighted by Gasteiger charge is 2.19. The van der Waals surface area contributed by atoms with E-state index >= 15 is 0 Å². The van der Waals surface area contributed by atoms with Gasteiger partial charge >= 0.3 is 0 Å². The van der Waals surface area contributed by atoms with E-state index < -0.39 is 0 Å². The third kappa shape index (κ3) is 2.99. The summed E-state index contributed by atoms with van der Waals surface area (Å²) in [5.74, 6) is 0.671. The van der Waals surface area contributed by atoms with Gasteiger partial charge in [0.2, 0.25) is 0 Å². The normalized spacial score (nSPS) is 14.8. The summed E-state index contributed by atoms with van der Waals surface area (Å²) in [6.07, 6.45) is 1.53. The molecule has 3 heterocycles. The molecule has 2 aromatic heterocycles. The number of fused-ring (bicyclic) bond motifs is 1. The summed E-state index contributed by atoms with van der Waals surface area (Å²) in [7, 11) is 1.67. The zero-order valence-corrected chi connectivity index (χ0v) is 12.8. The summed E-state index contributed by atoms with van der Waals surface area (Å²) in [5, 5.41) is 4.30. The van der Waals surface area contributed by atoms with E-state index in [0.717, 1.165) is 36.3 Å². The topological polar surface area (TPSA) is 83.9 Å². The average Bonchev–Trinajstić information content (AvgIpc) is 2.48. The van der Waals surface area contributed by atoms with Crippen molar-refractivity contribution in [3.63, 3.8) is 0 Å². The van der Waals surface area contributed by atoms with E-state index in [-0.39, 0.29) is 11.1 Å². The van der Waals surface area contributed by atoms with Crippen molar-refractivity contribution >= 4 is 0 Å². The van der Waals surface area contributed by atoms with Crippen LogP contribution in [0.5, 0.6) is 0 Å². The van der Waals surface area contributed by atoms with Gasteiger partial charge in [0, 0.05) is 44.4 Å². The fourth-order valence-electron chi connectivity index (χ4n) is 2.72. The van der Waals surface area contributed by atoms with Crippen molar-refractivity contribution in [2.24, 2.45) is 7.05 Å². The molecular weight excluding hydrogens is 282 g/mol. The Balaban J connectivity index is 1.80. The molecule has 0 spiro atoms. The highest BCUT2D eigenvalue weighted by atomic mass is 16.1. The number of aryl methyl sites for hydroxylation is 2. The van der Waals surface area contributed by atoms with Gasteiger partial charge in [0.15, 0.2) is 0 Å². The van der Waals surface area contributed by atoms with E-state index in [2.05, 4.69) is 20.0 Å². The number of hydrogen-bond acceptors (Lipinski definition) is 5. The number of aromatic nitrogens is 4. The fourth-order valence-corrected chi connectivity index (χ4v) is 2.72. The smallest absolute Gasteiger partial charge is 0.266 e. The first-order chi connectivity index (χ1) is 10.5. The van der Waals surface area contributed by atoms with Crippen LogP contribution in [0.4, 0.5) is 0 Å². The van der Waals surface area contributed by atoms with Gasteiger partial charge in [-0.3, -0.25) is 14.5 Å². The fraction of sp³-hybridized carbons (Fsp3) is 0.467. The Bertz CT molecular complexity index is 808. The van der Waals surface area contributed by atoms with Crippen molar-refractivity contribution in [2.75, 3.05) is 6.54 Å². The number of hydrogen-bond donors (Lipinski definition) is 1. The van der Waals surface area contributed by atoms with Crippen LogP contribution in [0.3, 0.4) is 0 Å². The van der Waals surface area contributed by atoms with Crippen LogP contribution in [-0.4, -0.2) is 31.2 Å². The van der Waals surface area contributed by atoms with Gasteiger partial charge in [-0.15, -0.1) is 0 Å². The Kier molecular flexibility index (Phi) is 3.89. The zero-order chi connectivity index (χ0) is 15.7. The number of nitrogens with one attached hydrogen (secondary N) is 1. The molecule has 0 amide bonds. The molecule has 0 aliphatic carbocycles. The highest BCUT2D eigenvalue weighted by molar-refractivity contribution is 5.20. The van der Waals surface area contributed by atoms with E-state index in [1.807, 2.05) is 6.92 Å². The maximum Gasteiger partial charge on any atom is 0.266 e. The van der Waals surface area contributed by atoms with Crippen LogP contribution in [0.15, 0.2) is 21.7 Å². The quantitative estimate of drug-likeness (QED) is 0.861. The maximum absolute atomic E-state index is 11.7. The Morgan fingerprint density at radius 3 is 2.91 bits per heavy atom. The van der Waals surface area contributed by atoms with Crippen molar-refractivity contribution < 1.29 is 0 Å². The molecule has 0 unspecified atom stereocenters. The van der Waals surface area contributed by atoms with Crippen molar-refractivity contribution in [2.45, 2.75) is 32.9 Å². The molecule has 2 aromatic rings. The minimum absolute atomic E-state index is 0.0971. The van der Waals surface area contributed by atoms with Crippen LogP contribution >= 0.6 is 0 Å². The minimum Gasteiger partial charge on any atom is -0.309 e. The number of nitrogens with zero attached hydrogens (tertiary/aromatic N) is 4. The average molecular weight is 301 g/mol. The van der Waals surface area contributed by atoms with Gasteiger partial charge in [-0.25, -0.2) is 9.67 Å². The molecule has 0 saturated heterocycles. The summed E-state index contributed by atoms with van der Waals surface area (Å²) in [5.41, 5.74) is 2.52. The van der Waals surface area contributed by atoms with Crippen molar-refractivity contribution in [3.8, 4) is 0 Å². The Labute approximate surface area is 127 Å². The summed E-state index contributed by atoms with van der Waals surface area (Å²) in [6.45, 7) is 4.03. The van der Waals surface area contributed by atoms with Gasteiger partial charge in [-0.05, 0) is 12.0 Å². The summed E-state index contributed by atoms with van der Waals surface area (Å²) in [4.78, 5) is 32.7. The molecule has 116 valence electrons. The Morgan fingerprint density at radius 1 is 1.32 bits per heavy atom. The molecule has 0 radical (unpaired) electrons. The maximum atomic E-state index is 11.7. The zero-order valence-electron chi connectivity index (χ0n) is 12.8. The molecule has 7 nitrogen and oxygen atoms in total. The Hall–Kier alpha value is -2.28. The Morgan fingerprint density at radius 2 is 2.14 bits per heavy atom. The molecule has 1 aliphatic rings. The van der Waals surface area contributed by atoms with E-state index in [1.165, 1.54) is 10.7 Å². The predicted octanol–water partition coefficient (Wildman–Crippen LogP) is -0.0157. The number of rotatable bonds is 3. The van der Waals surface area contributed by atoms with Crippen LogP contribution in [0.25, 0.3) is 0 Å². The molecule has 3 rings (SSSR count). The number of H-pyrrole nitrogens is 1. The largest absolute Gasteiger partial charge is 0.309 e. The second-order valence-corrected chi connectivity index (χ2v) is 5.58. The monoisotopic (exact) mass is 301 g/mol. The van der Waals surface area contributed by atoms with Crippen LogP contribution < -0.4 is 11.1 Å². The van der Waals surface area contributed by atoms with Gasteiger partial charge in [-0.1, -0.05) is 6.92 Å². The second-order valence-electron chi connectivity index (χ2n) is 5.58. The lowest BCUT2D eigenvalue weighted by Crippen LogP contribution is -2.34. The van der Waals surface area contributed by atoms with E-state index in [4.69, 9.17) is 0 Å². The minimum atomic E-state index is -0.116. The van der Waals surface area contributed by atoms with Gasteiger partial charge in [-0.2, -0.15) is 5.10 Å². The summed E-state index contributed by atoms with van der Waals surface area (Å²) < 4.78 is 1.37. The first kappa shape index (κ1) is 14.6. The lowest BCUT2D eigenvalue weighted by Gasteiger charge is -2.27. The summed E-state index contributed by atoms with van der Waals surface area (Å²) >= 11 is 0. The van der Waals surface area contributed by atoms with Crippen LogP contribution in [-0.2, 0) is 33.0 Å². The molecule has 1 N–H and O–H groups in total. The van der Waals surface area contributed by atoms with E-state index in [9.17, 15) is 9.59 Å². The van der Waals surface area contributed by atoms with Crippen LogP contribution in [0, 0.1) is 0 Å². The standard InChI is InChI=1S/C15H19N5O2/c1-3-11-7-14(21)17-13(16-11)9-20-5-4-12-10(8-20)6-15(22)19(2)18-12/h6-7H,3-5,8-9H2,1-2H3,(H,16,17,21). The van der Waals surface area contributed by atoms with E-state index in [1.54, 1.807) is 13.1 Å².